The predicted molar refractivity (Wildman–Crippen MR) is 100 cm³/mol. The molecule has 0 saturated heterocycles. The van der Waals surface area contributed by atoms with Crippen molar-refractivity contribution in [3.63, 3.8) is 0 Å². The minimum Gasteiger partial charge on any atom is -0.489 e. The average molecular weight is 387 g/mol. The molecule has 0 aromatic heterocycles. The van der Waals surface area contributed by atoms with Crippen molar-refractivity contribution in [2.75, 3.05) is 13.1 Å². The molecule has 1 saturated carbocycles. The van der Waals surface area contributed by atoms with Gasteiger partial charge in [-0.2, -0.15) is 0 Å². The molecular weight excluding hydrogens is 364 g/mol. The molecule has 1 spiro atoms. The van der Waals surface area contributed by atoms with Crippen LogP contribution in [0.25, 0.3) is 0 Å². The van der Waals surface area contributed by atoms with E-state index >= 15 is 0 Å². The molecule has 148 valence electrons. The molecule has 1 aliphatic carbocycles. The van der Waals surface area contributed by atoms with Gasteiger partial charge in [-0.3, -0.25) is 9.69 Å². The largest absolute Gasteiger partial charge is 0.489 e. The number of fused-ring (bicyclic) bond motifs is 2. The smallest absolute Gasteiger partial charge is 0.303 e. The van der Waals surface area contributed by atoms with Gasteiger partial charge in [0.15, 0.2) is 11.6 Å². The minimum absolute atomic E-state index is 0.151. The van der Waals surface area contributed by atoms with Crippen molar-refractivity contribution in [1.82, 2.24) is 4.90 Å². The highest BCUT2D eigenvalue weighted by Crippen LogP contribution is 2.53. The predicted octanol–water partition coefficient (Wildman–Crippen LogP) is 4.26. The number of hydrogen-bond donors (Lipinski definition) is 1. The van der Waals surface area contributed by atoms with E-state index in [9.17, 15) is 13.6 Å². The van der Waals surface area contributed by atoms with Crippen LogP contribution < -0.4 is 4.74 Å². The Bertz CT molecular complexity index is 895. The highest BCUT2D eigenvalue weighted by Gasteiger charge is 2.49. The third-order valence-electron chi connectivity index (χ3n) is 5.68. The monoisotopic (exact) mass is 387 g/mol. The van der Waals surface area contributed by atoms with Crippen LogP contribution >= 0.6 is 0 Å². The molecule has 1 N–H and O–H groups in total. The maximum absolute atomic E-state index is 13.3. The lowest BCUT2D eigenvalue weighted by molar-refractivity contribution is -0.137. The summed E-state index contributed by atoms with van der Waals surface area (Å²) in [4.78, 5) is 13.1. The zero-order valence-electron chi connectivity index (χ0n) is 15.6. The summed E-state index contributed by atoms with van der Waals surface area (Å²) in [6, 6.07) is 9.85. The normalized spacial score (nSPS) is 17.4. The van der Waals surface area contributed by atoms with E-state index in [0.717, 1.165) is 50.4 Å². The average Bonchev–Trinajstić information content (AvgIpc) is 3.42. The fourth-order valence-electron chi connectivity index (χ4n) is 4.07. The maximum Gasteiger partial charge on any atom is 0.303 e. The molecule has 2 aromatic carbocycles. The Labute approximate surface area is 162 Å². The second-order valence-electron chi connectivity index (χ2n) is 7.84. The number of nitrogens with zero attached hydrogens (tertiary/aromatic N) is 1. The van der Waals surface area contributed by atoms with Crippen LogP contribution in [0.5, 0.6) is 5.75 Å². The molecule has 0 unspecified atom stereocenters. The Balaban J connectivity index is 1.43. The Morgan fingerprint density at radius 3 is 2.68 bits per heavy atom. The first kappa shape index (κ1) is 18.9. The summed E-state index contributed by atoms with van der Waals surface area (Å²) in [7, 11) is 0. The molecule has 28 heavy (non-hydrogen) atoms. The third-order valence-corrected chi connectivity index (χ3v) is 5.68. The summed E-state index contributed by atoms with van der Waals surface area (Å²) in [5, 5.41) is 8.84. The van der Waals surface area contributed by atoms with Gasteiger partial charge in [0.2, 0.25) is 0 Å². The molecule has 0 amide bonds. The van der Waals surface area contributed by atoms with Gasteiger partial charge in [0, 0.05) is 24.9 Å². The van der Waals surface area contributed by atoms with E-state index in [1.54, 1.807) is 0 Å². The van der Waals surface area contributed by atoms with Crippen molar-refractivity contribution in [3.8, 4) is 5.75 Å². The van der Waals surface area contributed by atoms with Crippen molar-refractivity contribution >= 4 is 5.97 Å². The Kier molecular flexibility index (Phi) is 5.06. The number of carboxylic acids is 1. The minimum atomic E-state index is -0.869. The first-order chi connectivity index (χ1) is 13.4. The first-order valence-electron chi connectivity index (χ1n) is 9.59. The molecule has 2 aliphatic rings. The topological polar surface area (TPSA) is 49.8 Å². The Morgan fingerprint density at radius 2 is 1.96 bits per heavy atom. The van der Waals surface area contributed by atoms with E-state index in [0.29, 0.717) is 12.0 Å². The molecule has 1 heterocycles. The molecule has 0 atom stereocenters. The van der Waals surface area contributed by atoms with E-state index in [-0.39, 0.29) is 18.4 Å². The van der Waals surface area contributed by atoms with Crippen LogP contribution in [-0.2, 0) is 23.4 Å². The van der Waals surface area contributed by atoms with E-state index in [1.165, 1.54) is 17.2 Å². The molecule has 4 rings (SSSR count). The summed E-state index contributed by atoms with van der Waals surface area (Å²) in [6.45, 7) is 2.75. The molecule has 2 aromatic rings. The summed E-state index contributed by atoms with van der Waals surface area (Å²) in [6.07, 6.45) is 3.12. The lowest BCUT2D eigenvalue weighted by atomic mass is 9.86. The number of hydrogen-bond acceptors (Lipinski definition) is 3. The van der Waals surface area contributed by atoms with E-state index in [2.05, 4.69) is 17.0 Å². The number of benzene rings is 2. The number of carbonyl (C=O) groups is 1. The standard InChI is InChI=1S/C22H23F2NO3/c23-19-6-3-15(10-20(19)24)13-28-17-5-4-16-12-25(9-1-2-21(26)27)14-22(7-8-22)18(16)11-17/h3-6,10-11H,1-2,7-9,12-14H2,(H,26,27). The van der Waals surface area contributed by atoms with Crippen LogP contribution in [0.1, 0.15) is 42.4 Å². The highest BCUT2D eigenvalue weighted by molar-refractivity contribution is 5.66. The number of carboxylic acid groups (broad SMARTS) is 1. The Hall–Kier alpha value is -2.47. The van der Waals surface area contributed by atoms with Crippen LogP contribution in [0.15, 0.2) is 36.4 Å². The van der Waals surface area contributed by atoms with E-state index in [4.69, 9.17) is 9.84 Å². The summed E-state index contributed by atoms with van der Waals surface area (Å²) >= 11 is 0. The van der Waals surface area contributed by atoms with Gasteiger partial charge in [-0.1, -0.05) is 12.1 Å². The van der Waals surface area contributed by atoms with Crippen molar-refractivity contribution in [2.24, 2.45) is 0 Å². The molecule has 0 radical (unpaired) electrons. The maximum atomic E-state index is 13.3. The zero-order chi connectivity index (χ0) is 19.7. The molecule has 1 fully saturated rings. The number of rotatable bonds is 7. The molecule has 6 heteroatoms. The van der Waals surface area contributed by atoms with Gasteiger partial charge in [-0.05, 0) is 66.8 Å². The lowest BCUT2D eigenvalue weighted by Gasteiger charge is -2.35. The number of halogens is 2. The summed E-state index contributed by atoms with van der Waals surface area (Å²) in [5.41, 5.74) is 3.31. The molecule has 1 aliphatic heterocycles. The van der Waals surface area contributed by atoms with E-state index < -0.39 is 17.6 Å². The van der Waals surface area contributed by atoms with Crippen molar-refractivity contribution in [3.05, 3.63) is 64.7 Å². The van der Waals surface area contributed by atoms with Gasteiger partial charge in [-0.25, -0.2) is 8.78 Å². The molecule has 4 nitrogen and oxygen atoms in total. The number of aliphatic carboxylic acids is 1. The van der Waals surface area contributed by atoms with Crippen molar-refractivity contribution in [1.29, 1.82) is 0 Å². The van der Waals surface area contributed by atoms with Crippen molar-refractivity contribution in [2.45, 2.75) is 44.2 Å². The molecule has 0 bridgehead atoms. The van der Waals surface area contributed by atoms with Gasteiger partial charge in [-0.15, -0.1) is 0 Å². The quantitative estimate of drug-likeness (QED) is 0.771. The summed E-state index contributed by atoms with van der Waals surface area (Å²) in [5.74, 6) is -1.75. The second kappa shape index (κ2) is 7.51. The fourth-order valence-corrected chi connectivity index (χ4v) is 4.07. The van der Waals surface area contributed by atoms with Crippen LogP contribution in [0, 0.1) is 11.6 Å². The van der Waals surface area contributed by atoms with Gasteiger partial charge in [0.25, 0.3) is 0 Å². The van der Waals surface area contributed by atoms with Gasteiger partial charge >= 0.3 is 5.97 Å². The van der Waals surface area contributed by atoms with Gasteiger partial charge in [0.1, 0.15) is 12.4 Å². The highest BCUT2D eigenvalue weighted by atomic mass is 19.2. The van der Waals surface area contributed by atoms with Gasteiger partial charge < -0.3 is 9.84 Å². The first-order valence-corrected chi connectivity index (χ1v) is 9.59. The fraction of sp³-hybridized carbons (Fsp3) is 0.409. The molecular formula is C22H23F2NO3. The SMILES string of the molecule is O=C(O)CCCN1Cc2ccc(OCc3ccc(F)c(F)c3)cc2C2(CC2)C1. The Morgan fingerprint density at radius 1 is 1.14 bits per heavy atom. The van der Waals surface area contributed by atoms with Crippen LogP contribution in [0.4, 0.5) is 8.78 Å². The van der Waals surface area contributed by atoms with Crippen LogP contribution in [0.3, 0.4) is 0 Å². The third kappa shape index (κ3) is 4.02. The zero-order valence-corrected chi connectivity index (χ0v) is 15.6. The van der Waals surface area contributed by atoms with Crippen LogP contribution in [0.2, 0.25) is 0 Å². The second-order valence-corrected chi connectivity index (χ2v) is 7.84. The summed E-state index contributed by atoms with van der Waals surface area (Å²) < 4.78 is 32.2. The number of ether oxygens (including phenoxy) is 1. The van der Waals surface area contributed by atoms with E-state index in [1.807, 2.05) is 6.07 Å². The van der Waals surface area contributed by atoms with Gasteiger partial charge in [0.05, 0.1) is 0 Å². The van der Waals surface area contributed by atoms with Crippen molar-refractivity contribution < 1.29 is 23.4 Å². The lowest BCUT2D eigenvalue weighted by Crippen LogP contribution is -2.38. The van der Waals surface area contributed by atoms with Crippen LogP contribution in [-0.4, -0.2) is 29.1 Å².